The third-order valence-electron chi connectivity index (χ3n) is 2.89. The van der Waals surface area contributed by atoms with Crippen LogP contribution in [0.1, 0.15) is 12.1 Å². The van der Waals surface area contributed by atoms with Crippen LogP contribution in [0.3, 0.4) is 0 Å². The number of carbonyl (C=O) groups excluding carboxylic acids is 1. The monoisotopic (exact) mass is 281 g/mol. The second-order valence-electron chi connectivity index (χ2n) is 4.22. The molecule has 0 saturated carbocycles. The van der Waals surface area contributed by atoms with E-state index in [2.05, 4.69) is 10.4 Å². The van der Waals surface area contributed by atoms with Crippen molar-refractivity contribution in [3.05, 3.63) is 28.9 Å². The second-order valence-corrected chi connectivity index (χ2v) is 4.63. The maximum atomic E-state index is 11.5. The number of rotatable bonds is 5. The van der Waals surface area contributed by atoms with Gasteiger partial charge in [0.1, 0.15) is 0 Å². The molecule has 0 fully saturated rings. The van der Waals surface area contributed by atoms with Crippen LogP contribution in [0, 0.1) is 0 Å². The van der Waals surface area contributed by atoms with Crippen LogP contribution in [0.5, 0.6) is 0 Å². The molecular formula is C13H16ClN3O2. The zero-order chi connectivity index (χ0) is 13.8. The maximum absolute atomic E-state index is 11.5. The van der Waals surface area contributed by atoms with E-state index in [-0.39, 0.29) is 5.91 Å². The number of hydrogen-bond donors (Lipinski definition) is 1. The van der Waals surface area contributed by atoms with Crippen molar-refractivity contribution in [2.24, 2.45) is 7.05 Å². The molecule has 0 bridgehead atoms. The number of fused-ring (bicyclic) bond motifs is 1. The summed E-state index contributed by atoms with van der Waals surface area (Å²) < 4.78 is 6.62. The summed E-state index contributed by atoms with van der Waals surface area (Å²) >= 11 is 6.19. The Bertz CT molecular complexity index is 595. The molecule has 1 aromatic heterocycles. The standard InChI is InChI=1S/C13H16ClN3O2/c1-17-11-5-3-4-9(14)13(11)10(16-17)8-15-12(18)6-7-19-2/h3-5H,6-8H2,1-2H3,(H,15,18). The first-order chi connectivity index (χ1) is 9.13. The number of hydrogen-bond acceptors (Lipinski definition) is 3. The molecule has 1 aromatic carbocycles. The Kier molecular flexibility index (Phi) is 4.39. The van der Waals surface area contributed by atoms with Crippen molar-refractivity contribution in [3.63, 3.8) is 0 Å². The van der Waals surface area contributed by atoms with Gasteiger partial charge in [-0.2, -0.15) is 5.10 Å². The van der Waals surface area contributed by atoms with Crippen LogP contribution in [-0.2, 0) is 23.1 Å². The van der Waals surface area contributed by atoms with Gasteiger partial charge in [0.2, 0.25) is 5.91 Å². The van der Waals surface area contributed by atoms with Crippen LogP contribution in [0.2, 0.25) is 5.02 Å². The summed E-state index contributed by atoms with van der Waals surface area (Å²) in [7, 11) is 3.42. The van der Waals surface area contributed by atoms with Gasteiger partial charge in [-0.25, -0.2) is 0 Å². The third-order valence-corrected chi connectivity index (χ3v) is 3.20. The fourth-order valence-electron chi connectivity index (χ4n) is 1.94. The Morgan fingerprint density at radius 2 is 2.32 bits per heavy atom. The Morgan fingerprint density at radius 3 is 3.05 bits per heavy atom. The van der Waals surface area contributed by atoms with Gasteiger partial charge in [0.25, 0.3) is 0 Å². The molecule has 2 rings (SSSR count). The lowest BCUT2D eigenvalue weighted by Gasteiger charge is -2.03. The van der Waals surface area contributed by atoms with Gasteiger partial charge >= 0.3 is 0 Å². The Balaban J connectivity index is 2.15. The molecule has 19 heavy (non-hydrogen) atoms. The molecule has 0 radical (unpaired) electrons. The normalized spacial score (nSPS) is 10.9. The number of aromatic nitrogens is 2. The van der Waals surface area contributed by atoms with Crippen LogP contribution in [-0.4, -0.2) is 29.4 Å². The van der Waals surface area contributed by atoms with Crippen molar-refractivity contribution < 1.29 is 9.53 Å². The minimum Gasteiger partial charge on any atom is -0.384 e. The first-order valence-corrected chi connectivity index (χ1v) is 6.37. The van der Waals surface area contributed by atoms with Crippen LogP contribution < -0.4 is 5.32 Å². The number of nitrogens with one attached hydrogen (secondary N) is 1. The maximum Gasteiger partial charge on any atom is 0.222 e. The number of methoxy groups -OCH3 is 1. The molecule has 1 amide bonds. The molecule has 102 valence electrons. The predicted molar refractivity (Wildman–Crippen MR) is 74.1 cm³/mol. The molecular weight excluding hydrogens is 266 g/mol. The molecule has 1 N–H and O–H groups in total. The molecule has 1 heterocycles. The van der Waals surface area contributed by atoms with Crippen molar-refractivity contribution >= 4 is 28.4 Å². The molecule has 0 aliphatic rings. The highest BCUT2D eigenvalue weighted by Gasteiger charge is 2.12. The van der Waals surface area contributed by atoms with E-state index in [4.69, 9.17) is 16.3 Å². The summed E-state index contributed by atoms with van der Waals surface area (Å²) in [4.78, 5) is 11.5. The summed E-state index contributed by atoms with van der Waals surface area (Å²) in [6.45, 7) is 0.777. The fourth-order valence-corrected chi connectivity index (χ4v) is 2.22. The molecule has 0 saturated heterocycles. The fraction of sp³-hybridized carbons (Fsp3) is 0.385. The number of amides is 1. The third kappa shape index (κ3) is 3.05. The van der Waals surface area contributed by atoms with E-state index >= 15 is 0 Å². The van der Waals surface area contributed by atoms with E-state index in [0.717, 1.165) is 16.6 Å². The minimum absolute atomic E-state index is 0.0623. The zero-order valence-electron chi connectivity index (χ0n) is 10.9. The Morgan fingerprint density at radius 1 is 1.53 bits per heavy atom. The lowest BCUT2D eigenvalue weighted by atomic mass is 10.2. The highest BCUT2D eigenvalue weighted by atomic mass is 35.5. The SMILES string of the molecule is COCCC(=O)NCc1nn(C)c2cccc(Cl)c12. The summed E-state index contributed by atoms with van der Waals surface area (Å²) in [6.07, 6.45) is 0.342. The Labute approximate surface area is 116 Å². The van der Waals surface area contributed by atoms with Crippen molar-refractivity contribution in [2.75, 3.05) is 13.7 Å². The average molecular weight is 282 g/mol. The smallest absolute Gasteiger partial charge is 0.222 e. The molecule has 2 aromatic rings. The van der Waals surface area contributed by atoms with E-state index in [1.54, 1.807) is 11.8 Å². The van der Waals surface area contributed by atoms with E-state index in [1.165, 1.54) is 0 Å². The lowest BCUT2D eigenvalue weighted by molar-refractivity contribution is -0.122. The molecule has 0 aliphatic heterocycles. The van der Waals surface area contributed by atoms with Crippen LogP contribution in [0.4, 0.5) is 0 Å². The highest BCUT2D eigenvalue weighted by Crippen LogP contribution is 2.26. The van der Waals surface area contributed by atoms with Crippen molar-refractivity contribution in [1.82, 2.24) is 15.1 Å². The average Bonchev–Trinajstić information content (AvgIpc) is 2.72. The topological polar surface area (TPSA) is 56.1 Å². The summed E-state index contributed by atoms with van der Waals surface area (Å²) in [6, 6.07) is 5.65. The quantitative estimate of drug-likeness (QED) is 0.910. The van der Waals surface area contributed by atoms with Crippen LogP contribution in [0.15, 0.2) is 18.2 Å². The van der Waals surface area contributed by atoms with Gasteiger partial charge in [-0.15, -0.1) is 0 Å². The number of nitrogens with zero attached hydrogens (tertiary/aromatic N) is 2. The summed E-state index contributed by atoms with van der Waals surface area (Å²) in [5.41, 5.74) is 1.72. The first kappa shape index (κ1) is 13.8. The van der Waals surface area contributed by atoms with Gasteiger partial charge in [0, 0.05) is 26.0 Å². The predicted octanol–water partition coefficient (Wildman–Crippen LogP) is 1.88. The molecule has 0 spiro atoms. The number of aryl methyl sites for hydroxylation is 1. The van der Waals surface area contributed by atoms with E-state index < -0.39 is 0 Å². The summed E-state index contributed by atoms with van der Waals surface area (Å²) in [5.74, 6) is -0.0623. The molecule has 5 nitrogen and oxygen atoms in total. The van der Waals surface area contributed by atoms with Crippen LogP contribution >= 0.6 is 11.6 Å². The van der Waals surface area contributed by atoms with Crippen molar-refractivity contribution in [1.29, 1.82) is 0 Å². The molecule has 0 atom stereocenters. The minimum atomic E-state index is -0.0623. The van der Waals surface area contributed by atoms with Gasteiger partial charge in [-0.1, -0.05) is 17.7 Å². The molecule has 0 unspecified atom stereocenters. The van der Waals surface area contributed by atoms with Gasteiger partial charge in [0.15, 0.2) is 0 Å². The highest BCUT2D eigenvalue weighted by molar-refractivity contribution is 6.35. The number of benzene rings is 1. The second kappa shape index (κ2) is 6.04. The van der Waals surface area contributed by atoms with Gasteiger partial charge in [-0.3, -0.25) is 9.48 Å². The molecule has 6 heteroatoms. The van der Waals surface area contributed by atoms with Crippen molar-refractivity contribution in [3.8, 4) is 0 Å². The van der Waals surface area contributed by atoms with E-state index in [9.17, 15) is 4.79 Å². The Hall–Kier alpha value is -1.59. The van der Waals surface area contributed by atoms with E-state index in [0.29, 0.717) is 24.6 Å². The van der Waals surface area contributed by atoms with Gasteiger partial charge in [0.05, 0.1) is 29.4 Å². The van der Waals surface area contributed by atoms with E-state index in [1.807, 2.05) is 25.2 Å². The van der Waals surface area contributed by atoms with Crippen molar-refractivity contribution in [2.45, 2.75) is 13.0 Å². The largest absolute Gasteiger partial charge is 0.384 e. The first-order valence-electron chi connectivity index (χ1n) is 5.99. The van der Waals surface area contributed by atoms with Gasteiger partial charge < -0.3 is 10.1 Å². The number of halogens is 1. The van der Waals surface area contributed by atoms with Crippen LogP contribution in [0.25, 0.3) is 10.9 Å². The number of ether oxygens (including phenoxy) is 1. The van der Waals surface area contributed by atoms with Gasteiger partial charge in [-0.05, 0) is 12.1 Å². The molecule has 0 aliphatic carbocycles. The summed E-state index contributed by atoms with van der Waals surface area (Å²) in [5, 5.41) is 8.73. The lowest BCUT2D eigenvalue weighted by Crippen LogP contribution is -2.24. The zero-order valence-corrected chi connectivity index (χ0v) is 11.7. The number of carbonyl (C=O) groups is 1.